The topological polar surface area (TPSA) is 106 Å². The van der Waals surface area contributed by atoms with Crippen LogP contribution in [0.15, 0.2) is 0 Å². The summed E-state index contributed by atoms with van der Waals surface area (Å²) >= 11 is 0. The molecule has 0 saturated heterocycles. The van der Waals surface area contributed by atoms with Crippen molar-refractivity contribution < 1.29 is 23.5 Å². The molecule has 1 amide bonds. The van der Waals surface area contributed by atoms with E-state index in [9.17, 15) is 18.4 Å². The lowest BCUT2D eigenvalue weighted by atomic mass is 10.0. The highest BCUT2D eigenvalue weighted by Crippen LogP contribution is 2.12. The van der Waals surface area contributed by atoms with Gasteiger partial charge >= 0.3 is 5.97 Å². The summed E-state index contributed by atoms with van der Waals surface area (Å²) < 4.78 is 23.8. The number of hydrogen-bond acceptors (Lipinski definition) is 3. The zero-order valence-electron chi connectivity index (χ0n) is 5.91. The first-order chi connectivity index (χ1) is 5.37. The van der Waals surface area contributed by atoms with Crippen LogP contribution in [0.2, 0.25) is 0 Å². The molecule has 0 aromatic carbocycles. The second-order valence-electron chi connectivity index (χ2n) is 2.13. The highest BCUT2D eigenvalue weighted by Gasteiger charge is 2.36. The first-order valence-electron chi connectivity index (χ1n) is 2.93. The summed E-state index contributed by atoms with van der Waals surface area (Å²) in [5, 5.41) is 8.18. The number of primary amides is 1. The first kappa shape index (κ1) is 10.8. The molecule has 5 nitrogen and oxygen atoms in total. The monoisotopic (exact) mass is 182 g/mol. The zero-order valence-corrected chi connectivity index (χ0v) is 5.91. The normalized spacial score (nSPS) is 15.7. The van der Waals surface area contributed by atoms with Crippen LogP contribution in [0.25, 0.3) is 0 Å². The molecule has 2 atom stereocenters. The molecule has 5 N–H and O–H groups in total. The number of carbonyl (C=O) groups excluding carboxylic acids is 1. The Bertz CT molecular complexity index is 197. The molecule has 2 unspecified atom stereocenters. The Hall–Kier alpha value is -1.24. The van der Waals surface area contributed by atoms with Gasteiger partial charge in [-0.1, -0.05) is 0 Å². The molecule has 0 bridgehead atoms. The summed E-state index contributed by atoms with van der Waals surface area (Å²) in [4.78, 5) is 20.4. The molecule has 0 aromatic heterocycles. The maximum absolute atomic E-state index is 11.9. The molecule has 7 heteroatoms. The summed E-state index contributed by atoms with van der Waals surface area (Å²) in [6, 6.07) is -1.96. The van der Waals surface area contributed by atoms with E-state index in [0.717, 1.165) is 0 Å². The molecule has 0 spiro atoms. The van der Waals surface area contributed by atoms with Crippen LogP contribution in [-0.4, -0.2) is 29.5 Å². The standard InChI is InChI=1S/C5H8F2N2O3/c6-3(7)1(4(9)10)2(8)5(11)12/h1-3H,8H2,(H2,9,10)(H,11,12). The number of amides is 1. The van der Waals surface area contributed by atoms with Crippen molar-refractivity contribution >= 4 is 11.9 Å². The van der Waals surface area contributed by atoms with E-state index in [0.29, 0.717) is 0 Å². The van der Waals surface area contributed by atoms with E-state index in [1.165, 1.54) is 0 Å². The molecule has 0 aromatic rings. The Balaban J connectivity index is 4.51. The van der Waals surface area contributed by atoms with Crippen molar-refractivity contribution in [3.8, 4) is 0 Å². The highest BCUT2D eigenvalue weighted by atomic mass is 19.3. The predicted molar refractivity (Wildman–Crippen MR) is 34.3 cm³/mol. The van der Waals surface area contributed by atoms with Crippen LogP contribution in [0.1, 0.15) is 0 Å². The maximum atomic E-state index is 11.9. The van der Waals surface area contributed by atoms with E-state index in [1.807, 2.05) is 0 Å². The van der Waals surface area contributed by atoms with Crippen LogP contribution < -0.4 is 11.5 Å². The first-order valence-corrected chi connectivity index (χ1v) is 2.93. The van der Waals surface area contributed by atoms with Gasteiger partial charge in [0.2, 0.25) is 5.91 Å². The van der Waals surface area contributed by atoms with Crippen molar-refractivity contribution in [1.29, 1.82) is 0 Å². The van der Waals surface area contributed by atoms with E-state index < -0.39 is 30.3 Å². The van der Waals surface area contributed by atoms with Crippen LogP contribution in [0, 0.1) is 5.92 Å². The van der Waals surface area contributed by atoms with Crippen LogP contribution in [0.5, 0.6) is 0 Å². The second-order valence-corrected chi connectivity index (χ2v) is 2.13. The summed E-state index contributed by atoms with van der Waals surface area (Å²) in [5.74, 6) is -5.23. The number of carboxylic acid groups (broad SMARTS) is 1. The molecule has 70 valence electrons. The van der Waals surface area contributed by atoms with Crippen molar-refractivity contribution in [3.63, 3.8) is 0 Å². The maximum Gasteiger partial charge on any atom is 0.321 e. The molecular formula is C5H8F2N2O3. The SMILES string of the molecule is NC(=O)C(C(F)F)C(N)C(=O)O. The van der Waals surface area contributed by atoms with E-state index in [2.05, 4.69) is 5.73 Å². The van der Waals surface area contributed by atoms with Crippen molar-refractivity contribution in [2.75, 3.05) is 0 Å². The van der Waals surface area contributed by atoms with E-state index in [4.69, 9.17) is 10.8 Å². The largest absolute Gasteiger partial charge is 0.480 e. The highest BCUT2D eigenvalue weighted by molar-refractivity contribution is 5.85. The molecule has 0 aliphatic rings. The van der Waals surface area contributed by atoms with Gasteiger partial charge in [-0.3, -0.25) is 9.59 Å². The lowest BCUT2D eigenvalue weighted by Gasteiger charge is -2.15. The number of aliphatic carboxylic acids is 1. The molecule has 0 radical (unpaired) electrons. The average molecular weight is 182 g/mol. The number of hydrogen-bond donors (Lipinski definition) is 3. The number of carboxylic acids is 1. The fraction of sp³-hybridized carbons (Fsp3) is 0.600. The number of carbonyl (C=O) groups is 2. The summed E-state index contributed by atoms with van der Waals surface area (Å²) in [7, 11) is 0. The van der Waals surface area contributed by atoms with Gasteiger partial charge in [-0.2, -0.15) is 0 Å². The summed E-state index contributed by atoms with van der Waals surface area (Å²) in [6.07, 6.45) is -3.16. The Morgan fingerprint density at radius 2 is 1.75 bits per heavy atom. The van der Waals surface area contributed by atoms with Gasteiger partial charge in [-0.05, 0) is 0 Å². The van der Waals surface area contributed by atoms with Crippen molar-refractivity contribution in [1.82, 2.24) is 0 Å². The fourth-order valence-corrected chi connectivity index (χ4v) is 0.611. The quantitative estimate of drug-likeness (QED) is 0.505. The lowest BCUT2D eigenvalue weighted by molar-refractivity contribution is -0.145. The third kappa shape index (κ3) is 2.42. The fourth-order valence-electron chi connectivity index (χ4n) is 0.611. The minimum atomic E-state index is -3.16. The van der Waals surface area contributed by atoms with Gasteiger partial charge in [-0.25, -0.2) is 8.78 Å². The van der Waals surface area contributed by atoms with Crippen LogP contribution in [0.3, 0.4) is 0 Å². The molecule has 0 rings (SSSR count). The minimum Gasteiger partial charge on any atom is -0.480 e. The third-order valence-corrected chi connectivity index (χ3v) is 1.27. The van der Waals surface area contributed by atoms with Gasteiger partial charge in [0.15, 0.2) is 0 Å². The van der Waals surface area contributed by atoms with Crippen molar-refractivity contribution in [2.45, 2.75) is 12.5 Å². The number of halogens is 2. The summed E-state index contributed by atoms with van der Waals surface area (Å²) in [6.45, 7) is 0. The molecular weight excluding hydrogens is 174 g/mol. The van der Waals surface area contributed by atoms with Gasteiger partial charge in [0.25, 0.3) is 6.43 Å². The van der Waals surface area contributed by atoms with E-state index >= 15 is 0 Å². The van der Waals surface area contributed by atoms with E-state index in [1.54, 1.807) is 0 Å². The molecule has 12 heavy (non-hydrogen) atoms. The predicted octanol–water partition coefficient (Wildman–Crippen LogP) is -1.24. The third-order valence-electron chi connectivity index (χ3n) is 1.27. The average Bonchev–Trinajstić information content (AvgIpc) is 1.85. The van der Waals surface area contributed by atoms with Crippen molar-refractivity contribution in [3.05, 3.63) is 0 Å². The minimum absolute atomic E-state index is 1.42. The van der Waals surface area contributed by atoms with Gasteiger partial charge in [0.05, 0.1) is 0 Å². The van der Waals surface area contributed by atoms with Crippen molar-refractivity contribution in [2.24, 2.45) is 17.4 Å². The Morgan fingerprint density at radius 1 is 1.33 bits per heavy atom. The van der Waals surface area contributed by atoms with Crippen LogP contribution >= 0.6 is 0 Å². The molecule has 0 heterocycles. The molecule has 0 aliphatic carbocycles. The van der Waals surface area contributed by atoms with Gasteiger partial charge < -0.3 is 16.6 Å². The Kier molecular flexibility index (Phi) is 3.55. The molecule has 0 saturated carbocycles. The van der Waals surface area contributed by atoms with Crippen LogP contribution in [-0.2, 0) is 9.59 Å². The van der Waals surface area contributed by atoms with Gasteiger partial charge in [0, 0.05) is 0 Å². The number of alkyl halides is 2. The summed E-state index contributed by atoms with van der Waals surface area (Å²) in [5.41, 5.74) is 9.30. The van der Waals surface area contributed by atoms with Gasteiger partial charge in [0.1, 0.15) is 12.0 Å². The smallest absolute Gasteiger partial charge is 0.321 e. The second kappa shape index (κ2) is 3.96. The molecule has 0 fully saturated rings. The number of rotatable bonds is 4. The number of nitrogens with two attached hydrogens (primary N) is 2. The Morgan fingerprint density at radius 3 is 1.83 bits per heavy atom. The zero-order chi connectivity index (χ0) is 9.89. The van der Waals surface area contributed by atoms with E-state index in [-0.39, 0.29) is 0 Å². The van der Waals surface area contributed by atoms with Gasteiger partial charge in [-0.15, -0.1) is 0 Å². The Labute approximate surface area is 66.3 Å². The molecule has 0 aliphatic heterocycles. The van der Waals surface area contributed by atoms with Crippen LogP contribution in [0.4, 0.5) is 8.78 Å². The lowest BCUT2D eigenvalue weighted by Crippen LogP contribution is -2.48.